The summed E-state index contributed by atoms with van der Waals surface area (Å²) in [5.74, 6) is -2.92. The van der Waals surface area contributed by atoms with E-state index in [-0.39, 0.29) is 19.1 Å². The third-order valence-corrected chi connectivity index (χ3v) is 6.51. The number of benzene rings is 1. The van der Waals surface area contributed by atoms with Crippen molar-refractivity contribution in [3.8, 4) is 0 Å². The quantitative estimate of drug-likeness (QED) is 0.486. The Balaban J connectivity index is 1.17. The molecular weight excluding hydrogens is 444 g/mol. The highest BCUT2D eigenvalue weighted by Gasteiger charge is 2.30. The molecule has 2 heterocycles. The molecule has 7 nitrogen and oxygen atoms in total. The van der Waals surface area contributed by atoms with Gasteiger partial charge in [0.15, 0.2) is 0 Å². The summed E-state index contributed by atoms with van der Waals surface area (Å²) < 4.78 is 33.3. The molecule has 0 radical (unpaired) electrons. The van der Waals surface area contributed by atoms with Crippen LogP contribution in [-0.2, 0) is 22.4 Å². The lowest BCUT2D eigenvalue weighted by molar-refractivity contribution is -0.140. The summed E-state index contributed by atoms with van der Waals surface area (Å²) in [5.41, 5.74) is 1.58. The Morgan fingerprint density at radius 3 is 2.71 bits per heavy atom. The molecule has 0 bridgehead atoms. The molecular formula is C25H29F2N3O4. The van der Waals surface area contributed by atoms with Crippen LogP contribution in [0.4, 0.5) is 14.6 Å². The number of aryl methyl sites for hydroxylation is 2. The van der Waals surface area contributed by atoms with E-state index in [0.717, 1.165) is 74.8 Å². The molecule has 1 amide bonds. The van der Waals surface area contributed by atoms with Crippen LogP contribution in [0.2, 0.25) is 0 Å². The van der Waals surface area contributed by atoms with Crippen molar-refractivity contribution in [2.24, 2.45) is 5.92 Å². The van der Waals surface area contributed by atoms with E-state index in [1.165, 1.54) is 5.56 Å². The van der Waals surface area contributed by atoms with Gasteiger partial charge in [-0.1, -0.05) is 12.1 Å². The highest BCUT2D eigenvalue weighted by Crippen LogP contribution is 2.34. The molecule has 1 aliphatic carbocycles. The van der Waals surface area contributed by atoms with Crippen molar-refractivity contribution in [3.63, 3.8) is 0 Å². The summed E-state index contributed by atoms with van der Waals surface area (Å²) in [6.45, 7) is 1.10. The van der Waals surface area contributed by atoms with Gasteiger partial charge in [-0.2, -0.15) is 0 Å². The fraction of sp³-hybridized carbons (Fsp3) is 0.480. The Morgan fingerprint density at radius 1 is 1.21 bits per heavy atom. The van der Waals surface area contributed by atoms with Crippen molar-refractivity contribution < 1.29 is 28.2 Å². The number of carbonyl (C=O) groups excluding carboxylic acids is 1. The largest absolute Gasteiger partial charge is 0.480 e. The molecule has 4 rings (SSSR count). The van der Waals surface area contributed by atoms with Crippen molar-refractivity contribution in [3.05, 3.63) is 58.8 Å². The van der Waals surface area contributed by atoms with Crippen LogP contribution in [0.1, 0.15) is 53.7 Å². The third-order valence-electron chi connectivity index (χ3n) is 6.51. The number of nitrogens with one attached hydrogen (secondary N) is 2. The molecule has 34 heavy (non-hydrogen) atoms. The Morgan fingerprint density at radius 2 is 1.97 bits per heavy atom. The van der Waals surface area contributed by atoms with Crippen LogP contribution in [0, 0.1) is 17.6 Å². The van der Waals surface area contributed by atoms with E-state index in [0.29, 0.717) is 5.92 Å². The van der Waals surface area contributed by atoms with Crippen molar-refractivity contribution in [2.45, 2.75) is 57.1 Å². The second-order valence-corrected chi connectivity index (χ2v) is 8.96. The lowest BCUT2D eigenvalue weighted by atomic mass is 9.79. The standard InChI is InChI=1S/C25H29F2N3O4/c26-19-4-1-5-20(27)22(19)24(31)30-21(25(32)33)10-12-34-18-13-15(14-18)6-8-17-9-7-16-3-2-11-28-23(16)29-17/h1,4-5,7,9,15,18,21H,2-3,6,8,10-14H2,(H,28,29)(H,30,31)(H,32,33)/t15?,18?,21-/m0/s1. The highest BCUT2D eigenvalue weighted by molar-refractivity contribution is 5.97. The van der Waals surface area contributed by atoms with Gasteiger partial charge in [0.25, 0.3) is 5.91 Å². The predicted molar refractivity (Wildman–Crippen MR) is 122 cm³/mol. The molecule has 0 unspecified atom stereocenters. The molecule has 2 aliphatic rings. The van der Waals surface area contributed by atoms with Crippen LogP contribution in [0.5, 0.6) is 0 Å². The molecule has 1 atom stereocenters. The summed E-state index contributed by atoms with van der Waals surface area (Å²) in [6.07, 6.45) is 5.99. The Labute approximate surface area is 196 Å². The number of carbonyl (C=O) groups is 2. The number of carboxylic acid groups (broad SMARTS) is 1. The second kappa shape index (κ2) is 10.9. The molecule has 1 aliphatic heterocycles. The summed E-state index contributed by atoms with van der Waals surface area (Å²) >= 11 is 0. The first-order valence-corrected chi connectivity index (χ1v) is 11.7. The van der Waals surface area contributed by atoms with Gasteiger partial charge in [0.1, 0.15) is 29.1 Å². The molecule has 1 saturated carbocycles. The number of aromatic nitrogens is 1. The van der Waals surface area contributed by atoms with Gasteiger partial charge in [0, 0.05) is 25.3 Å². The van der Waals surface area contributed by atoms with E-state index in [2.05, 4.69) is 22.8 Å². The van der Waals surface area contributed by atoms with Crippen molar-refractivity contribution in [2.75, 3.05) is 18.5 Å². The number of nitrogens with zero attached hydrogens (tertiary/aromatic N) is 1. The Hall–Kier alpha value is -3.07. The zero-order valence-corrected chi connectivity index (χ0v) is 18.9. The van der Waals surface area contributed by atoms with E-state index < -0.39 is 35.1 Å². The third kappa shape index (κ3) is 5.88. The maximum atomic E-state index is 13.8. The molecule has 3 N–H and O–H groups in total. The van der Waals surface area contributed by atoms with E-state index >= 15 is 0 Å². The van der Waals surface area contributed by atoms with Gasteiger partial charge >= 0.3 is 5.97 Å². The van der Waals surface area contributed by atoms with Crippen molar-refractivity contribution in [1.29, 1.82) is 0 Å². The predicted octanol–water partition coefficient (Wildman–Crippen LogP) is 3.72. The SMILES string of the molecule is O=C(N[C@@H](CCOC1CC(CCc2ccc3c(n2)NCCC3)C1)C(=O)O)c1c(F)cccc1F. The average Bonchev–Trinajstić information content (AvgIpc) is 2.78. The fourth-order valence-corrected chi connectivity index (χ4v) is 4.46. The maximum Gasteiger partial charge on any atom is 0.326 e. The van der Waals surface area contributed by atoms with E-state index in [1.54, 1.807) is 0 Å². The number of hydrogen-bond acceptors (Lipinski definition) is 5. The smallest absolute Gasteiger partial charge is 0.326 e. The van der Waals surface area contributed by atoms with Crippen LogP contribution in [0.3, 0.4) is 0 Å². The second-order valence-electron chi connectivity index (χ2n) is 8.96. The molecule has 182 valence electrons. The molecule has 1 aromatic carbocycles. The first kappa shape index (κ1) is 24.1. The number of fused-ring (bicyclic) bond motifs is 1. The van der Waals surface area contributed by atoms with Crippen LogP contribution >= 0.6 is 0 Å². The van der Waals surface area contributed by atoms with Gasteiger partial charge in [-0.15, -0.1) is 0 Å². The van der Waals surface area contributed by atoms with E-state index in [4.69, 9.17) is 9.72 Å². The number of ether oxygens (including phenoxy) is 1. The van der Waals surface area contributed by atoms with Crippen molar-refractivity contribution >= 4 is 17.7 Å². The summed E-state index contributed by atoms with van der Waals surface area (Å²) in [4.78, 5) is 28.4. The van der Waals surface area contributed by atoms with Gasteiger partial charge in [-0.3, -0.25) is 4.79 Å². The minimum Gasteiger partial charge on any atom is -0.480 e. The number of rotatable bonds is 10. The number of pyridine rings is 1. The van der Waals surface area contributed by atoms with Crippen LogP contribution < -0.4 is 10.6 Å². The lowest BCUT2D eigenvalue weighted by Crippen LogP contribution is -2.42. The highest BCUT2D eigenvalue weighted by atomic mass is 19.1. The maximum absolute atomic E-state index is 13.8. The van der Waals surface area contributed by atoms with Gasteiger partial charge in [-0.25, -0.2) is 18.6 Å². The number of hydrogen-bond donors (Lipinski definition) is 3. The zero-order valence-electron chi connectivity index (χ0n) is 18.9. The summed E-state index contributed by atoms with van der Waals surface area (Å²) in [6, 6.07) is 5.99. The summed E-state index contributed by atoms with van der Waals surface area (Å²) in [5, 5.41) is 14.9. The van der Waals surface area contributed by atoms with Gasteiger partial charge in [0.05, 0.1) is 6.10 Å². The Bertz CT molecular complexity index is 1020. The molecule has 0 spiro atoms. The first-order chi connectivity index (χ1) is 16.4. The lowest BCUT2D eigenvalue weighted by Gasteiger charge is -2.35. The first-order valence-electron chi connectivity index (χ1n) is 11.7. The van der Waals surface area contributed by atoms with Crippen LogP contribution in [-0.4, -0.2) is 47.3 Å². The van der Waals surface area contributed by atoms with Gasteiger partial charge < -0.3 is 20.5 Å². The molecule has 2 aromatic rings. The zero-order chi connectivity index (χ0) is 24.1. The molecule has 1 fully saturated rings. The summed E-state index contributed by atoms with van der Waals surface area (Å²) in [7, 11) is 0. The van der Waals surface area contributed by atoms with Crippen LogP contribution in [0.25, 0.3) is 0 Å². The number of amides is 1. The number of aliphatic carboxylic acids is 1. The molecule has 0 saturated heterocycles. The average molecular weight is 474 g/mol. The van der Waals surface area contributed by atoms with E-state index in [1.807, 2.05) is 0 Å². The van der Waals surface area contributed by atoms with Crippen molar-refractivity contribution in [1.82, 2.24) is 10.3 Å². The normalized spacial score (nSPS) is 19.9. The monoisotopic (exact) mass is 473 g/mol. The fourth-order valence-electron chi connectivity index (χ4n) is 4.46. The van der Waals surface area contributed by atoms with Crippen LogP contribution in [0.15, 0.2) is 30.3 Å². The van der Waals surface area contributed by atoms with Gasteiger partial charge in [-0.05, 0) is 68.2 Å². The topological polar surface area (TPSA) is 101 Å². The number of anilines is 1. The minimum atomic E-state index is -1.30. The number of carboxylic acids is 1. The number of halogens is 2. The molecule has 9 heteroatoms. The van der Waals surface area contributed by atoms with Gasteiger partial charge in [0.2, 0.25) is 0 Å². The minimum absolute atomic E-state index is 0.00432. The molecule has 1 aromatic heterocycles. The van der Waals surface area contributed by atoms with E-state index in [9.17, 15) is 23.5 Å². The Kier molecular flexibility index (Phi) is 7.72.